The predicted molar refractivity (Wildman–Crippen MR) is 69.7 cm³/mol. The number of hydrogen-bond acceptors (Lipinski definition) is 2. The van der Waals surface area contributed by atoms with Gasteiger partial charge in [-0.3, -0.25) is 4.52 Å². The highest BCUT2D eigenvalue weighted by atomic mass is 31.2. The van der Waals surface area contributed by atoms with Gasteiger partial charge in [-0.15, -0.1) is 0 Å². The van der Waals surface area contributed by atoms with E-state index in [9.17, 15) is 4.57 Å². The fourth-order valence-corrected chi connectivity index (χ4v) is 2.71. The first kappa shape index (κ1) is 17.1. The van der Waals surface area contributed by atoms with Crippen molar-refractivity contribution in [2.24, 2.45) is 5.92 Å². The summed E-state index contributed by atoms with van der Waals surface area (Å²) >= 11 is 0. The van der Waals surface area contributed by atoms with Gasteiger partial charge in [-0.25, -0.2) is 4.57 Å². The zero-order valence-corrected chi connectivity index (χ0v) is 12.2. The molecule has 0 amide bonds. The van der Waals surface area contributed by atoms with Gasteiger partial charge in [0.05, 0.1) is 6.10 Å². The molecule has 0 fully saturated rings. The van der Waals surface area contributed by atoms with Crippen LogP contribution in [0.15, 0.2) is 0 Å². The first-order valence-electron chi connectivity index (χ1n) is 6.68. The highest BCUT2D eigenvalue weighted by Crippen LogP contribution is 2.41. The third-order valence-corrected chi connectivity index (χ3v) is 3.64. The van der Waals surface area contributed by atoms with E-state index in [1.165, 1.54) is 0 Å². The SMILES string of the molecule is CCCCC(CC)C(CCCC)OP(=O)(O)O. The first-order valence-corrected chi connectivity index (χ1v) is 8.21. The fraction of sp³-hybridized carbons (Fsp3) is 1.00. The van der Waals surface area contributed by atoms with E-state index in [2.05, 4.69) is 20.8 Å². The quantitative estimate of drug-likeness (QED) is 0.589. The number of phosphoric acid groups is 1. The molecule has 0 aliphatic rings. The Morgan fingerprint density at radius 2 is 1.59 bits per heavy atom. The molecule has 5 heteroatoms. The molecule has 0 aromatic rings. The molecule has 0 saturated heterocycles. The molecule has 0 aromatic carbocycles. The molecule has 17 heavy (non-hydrogen) atoms. The maximum Gasteiger partial charge on any atom is 0.469 e. The van der Waals surface area contributed by atoms with Crippen molar-refractivity contribution in [3.8, 4) is 0 Å². The summed E-state index contributed by atoms with van der Waals surface area (Å²) in [7, 11) is -4.36. The van der Waals surface area contributed by atoms with E-state index in [1.807, 2.05) is 0 Å². The van der Waals surface area contributed by atoms with Crippen LogP contribution in [0.5, 0.6) is 0 Å². The van der Waals surface area contributed by atoms with Crippen LogP contribution in [0.25, 0.3) is 0 Å². The van der Waals surface area contributed by atoms with Gasteiger partial charge in [0, 0.05) is 0 Å². The minimum absolute atomic E-state index is 0.258. The maximum atomic E-state index is 11.0. The molecular formula is C12H27O4P. The van der Waals surface area contributed by atoms with Crippen molar-refractivity contribution in [3.05, 3.63) is 0 Å². The second-order valence-corrected chi connectivity index (χ2v) is 5.78. The molecule has 2 atom stereocenters. The van der Waals surface area contributed by atoms with E-state index in [0.29, 0.717) is 0 Å². The highest BCUT2D eigenvalue weighted by Gasteiger charge is 2.27. The molecule has 0 aliphatic carbocycles. The van der Waals surface area contributed by atoms with Gasteiger partial charge in [-0.2, -0.15) is 0 Å². The van der Waals surface area contributed by atoms with Gasteiger partial charge in [0.1, 0.15) is 0 Å². The summed E-state index contributed by atoms with van der Waals surface area (Å²) in [6.07, 6.45) is 6.50. The van der Waals surface area contributed by atoms with E-state index in [-0.39, 0.29) is 12.0 Å². The molecular weight excluding hydrogens is 239 g/mol. The van der Waals surface area contributed by atoms with Crippen molar-refractivity contribution >= 4 is 7.82 Å². The van der Waals surface area contributed by atoms with E-state index >= 15 is 0 Å². The predicted octanol–water partition coefficient (Wildman–Crippen LogP) is 3.87. The van der Waals surface area contributed by atoms with Gasteiger partial charge in [0.2, 0.25) is 0 Å². The smallest absolute Gasteiger partial charge is 0.303 e. The Hall–Kier alpha value is 0.110. The summed E-state index contributed by atoms with van der Waals surface area (Å²) < 4.78 is 15.9. The van der Waals surface area contributed by atoms with Crippen molar-refractivity contribution in [1.29, 1.82) is 0 Å². The molecule has 0 radical (unpaired) electrons. The van der Waals surface area contributed by atoms with Crippen LogP contribution in [0.1, 0.15) is 65.7 Å². The molecule has 0 aromatic heterocycles. The minimum Gasteiger partial charge on any atom is -0.303 e. The molecule has 0 aliphatic heterocycles. The van der Waals surface area contributed by atoms with E-state index in [4.69, 9.17) is 14.3 Å². The second-order valence-electron chi connectivity index (χ2n) is 4.59. The van der Waals surface area contributed by atoms with Crippen LogP contribution in [0.3, 0.4) is 0 Å². The summed E-state index contributed by atoms with van der Waals surface area (Å²) in [4.78, 5) is 17.9. The lowest BCUT2D eigenvalue weighted by Crippen LogP contribution is -2.23. The van der Waals surface area contributed by atoms with E-state index in [1.54, 1.807) is 0 Å². The first-order chi connectivity index (χ1) is 7.94. The van der Waals surface area contributed by atoms with Crippen LogP contribution >= 0.6 is 7.82 Å². The minimum atomic E-state index is -4.36. The standard InChI is InChI=1S/C12H27O4P/c1-4-7-9-11(6-3)12(10-8-5-2)16-17(13,14)15/h11-12H,4-10H2,1-3H3,(H2,13,14,15). The molecule has 0 spiro atoms. The van der Waals surface area contributed by atoms with Crippen molar-refractivity contribution in [1.82, 2.24) is 0 Å². The lowest BCUT2D eigenvalue weighted by atomic mass is 9.90. The number of unbranched alkanes of at least 4 members (excludes halogenated alkanes) is 2. The van der Waals surface area contributed by atoms with Crippen LogP contribution in [0.4, 0.5) is 0 Å². The Kier molecular flexibility index (Phi) is 9.15. The van der Waals surface area contributed by atoms with Crippen LogP contribution < -0.4 is 0 Å². The third kappa shape index (κ3) is 8.78. The molecule has 2 unspecified atom stereocenters. The van der Waals surface area contributed by atoms with E-state index < -0.39 is 7.82 Å². The number of phosphoric ester groups is 1. The highest BCUT2D eigenvalue weighted by molar-refractivity contribution is 7.46. The monoisotopic (exact) mass is 266 g/mol. The Bertz CT molecular complexity index is 227. The van der Waals surface area contributed by atoms with Crippen molar-refractivity contribution < 1.29 is 18.9 Å². The molecule has 0 bridgehead atoms. The maximum absolute atomic E-state index is 11.0. The largest absolute Gasteiger partial charge is 0.469 e. The Morgan fingerprint density at radius 1 is 1.06 bits per heavy atom. The van der Waals surface area contributed by atoms with Crippen molar-refractivity contribution in [3.63, 3.8) is 0 Å². The number of rotatable bonds is 10. The van der Waals surface area contributed by atoms with Crippen molar-refractivity contribution in [2.45, 2.75) is 71.8 Å². The van der Waals surface area contributed by atoms with E-state index in [0.717, 1.165) is 44.9 Å². The van der Waals surface area contributed by atoms with Crippen LogP contribution in [0.2, 0.25) is 0 Å². The van der Waals surface area contributed by atoms with Crippen molar-refractivity contribution in [2.75, 3.05) is 0 Å². The zero-order valence-electron chi connectivity index (χ0n) is 11.3. The average molecular weight is 266 g/mol. The summed E-state index contributed by atoms with van der Waals surface area (Å²) in [6.45, 7) is 6.25. The summed E-state index contributed by atoms with van der Waals surface area (Å²) in [5, 5.41) is 0. The van der Waals surface area contributed by atoms with Crippen LogP contribution in [0, 0.1) is 5.92 Å². The lowest BCUT2D eigenvalue weighted by Gasteiger charge is -2.26. The topological polar surface area (TPSA) is 66.8 Å². The van der Waals surface area contributed by atoms with Crippen LogP contribution in [-0.4, -0.2) is 15.9 Å². The third-order valence-electron chi connectivity index (χ3n) is 3.09. The van der Waals surface area contributed by atoms with Gasteiger partial charge in [0.25, 0.3) is 0 Å². The van der Waals surface area contributed by atoms with Gasteiger partial charge in [0.15, 0.2) is 0 Å². The molecule has 0 heterocycles. The normalized spacial score (nSPS) is 15.8. The lowest BCUT2D eigenvalue weighted by molar-refractivity contribution is 0.0731. The average Bonchev–Trinajstić information content (AvgIpc) is 2.24. The fourth-order valence-electron chi connectivity index (χ4n) is 2.08. The Morgan fingerprint density at radius 3 is 2.00 bits per heavy atom. The Balaban J connectivity index is 4.44. The Labute approximate surface area is 105 Å². The molecule has 0 saturated carbocycles. The summed E-state index contributed by atoms with van der Waals surface area (Å²) in [5.74, 6) is 0.258. The molecule has 104 valence electrons. The van der Waals surface area contributed by atoms with Gasteiger partial charge >= 0.3 is 7.82 Å². The van der Waals surface area contributed by atoms with Crippen LogP contribution in [-0.2, 0) is 9.09 Å². The van der Waals surface area contributed by atoms with Gasteiger partial charge in [-0.1, -0.05) is 52.9 Å². The van der Waals surface area contributed by atoms with Gasteiger partial charge < -0.3 is 9.79 Å². The molecule has 4 nitrogen and oxygen atoms in total. The zero-order chi connectivity index (χ0) is 13.3. The summed E-state index contributed by atoms with van der Waals surface area (Å²) in [6, 6.07) is 0. The second kappa shape index (κ2) is 9.09. The van der Waals surface area contributed by atoms with Gasteiger partial charge in [-0.05, 0) is 18.8 Å². The molecule has 2 N–H and O–H groups in total. The number of hydrogen-bond donors (Lipinski definition) is 2. The summed E-state index contributed by atoms with van der Waals surface area (Å²) in [5.41, 5.74) is 0. The molecule has 0 rings (SSSR count).